The Hall–Kier alpha value is -3.39. The van der Waals surface area contributed by atoms with E-state index >= 15 is 0 Å². The fourth-order valence-electron chi connectivity index (χ4n) is 6.01. The third kappa shape index (κ3) is 7.77. The number of rotatable bonds is 10. The number of likely N-dealkylation sites (tertiary alicyclic amines) is 1. The number of anilines is 1. The smallest absolute Gasteiger partial charge is 0.274 e. The van der Waals surface area contributed by atoms with Gasteiger partial charge in [0.1, 0.15) is 5.82 Å². The van der Waals surface area contributed by atoms with Gasteiger partial charge in [-0.3, -0.25) is 23.9 Å². The number of H-pyrrole nitrogens is 1. The topological polar surface area (TPSA) is 133 Å². The molecule has 43 heavy (non-hydrogen) atoms. The van der Waals surface area contributed by atoms with Crippen LogP contribution in [0.3, 0.4) is 0 Å². The number of nitrogens with one attached hydrogen (secondary N) is 2. The minimum atomic E-state index is -3.75. The number of alkyl halides is 2. The van der Waals surface area contributed by atoms with Crippen molar-refractivity contribution in [2.75, 3.05) is 29.7 Å². The van der Waals surface area contributed by atoms with Crippen molar-refractivity contribution in [3.05, 3.63) is 58.3 Å². The summed E-state index contributed by atoms with van der Waals surface area (Å²) in [5.74, 6) is -2.77. The third-order valence-corrected chi connectivity index (χ3v) is 10.4. The second-order valence-corrected chi connectivity index (χ2v) is 13.8. The van der Waals surface area contributed by atoms with Crippen molar-refractivity contribution in [2.24, 2.45) is 5.92 Å². The number of hydrogen-bond donors (Lipinski definition) is 2. The Bertz CT molecular complexity index is 1580. The number of piperidine rings is 1. The molecule has 1 saturated heterocycles. The van der Waals surface area contributed by atoms with Crippen molar-refractivity contribution in [2.45, 2.75) is 76.8 Å². The Kier molecular flexibility index (Phi) is 9.16. The molecule has 2 N–H and O–H groups in total. The van der Waals surface area contributed by atoms with Crippen LogP contribution in [0.5, 0.6) is 0 Å². The minimum absolute atomic E-state index is 0.0129. The second kappa shape index (κ2) is 12.7. The molecule has 1 aliphatic heterocycles. The number of carbonyl (C=O) groups is 1. The molecule has 0 unspecified atom stereocenters. The summed E-state index contributed by atoms with van der Waals surface area (Å²) in [4.78, 5) is 35.5. The number of aromatic amines is 1. The van der Waals surface area contributed by atoms with Crippen molar-refractivity contribution in [1.82, 2.24) is 29.8 Å². The molecule has 0 radical (unpaired) electrons. The van der Waals surface area contributed by atoms with Gasteiger partial charge in [0.05, 0.1) is 17.9 Å². The van der Waals surface area contributed by atoms with Gasteiger partial charge >= 0.3 is 0 Å². The summed E-state index contributed by atoms with van der Waals surface area (Å²) in [6.07, 6.45) is 1.26. The summed E-state index contributed by atoms with van der Waals surface area (Å²) in [6.45, 7) is 5.29. The molecule has 1 amide bonds. The van der Waals surface area contributed by atoms with Crippen LogP contribution in [0, 0.1) is 12.8 Å². The molecular formula is C29H39F2N7O4S. The molecule has 234 valence electrons. The van der Waals surface area contributed by atoms with Gasteiger partial charge in [0, 0.05) is 56.3 Å². The zero-order valence-electron chi connectivity index (χ0n) is 24.5. The summed E-state index contributed by atoms with van der Waals surface area (Å²) < 4.78 is 57.3. The Labute approximate surface area is 249 Å². The molecule has 3 aromatic rings. The first-order valence-corrected chi connectivity index (χ1v) is 16.4. The number of aromatic nitrogens is 4. The largest absolute Gasteiger partial charge is 0.353 e. The number of fused-ring (bicyclic) bond motifs is 1. The molecule has 1 aromatic carbocycles. The van der Waals surface area contributed by atoms with Crippen molar-refractivity contribution in [3.8, 4) is 0 Å². The standard InChI is InChI=1S/C29H39F2N7O4S/c1-20-16-27(40)38-28(32-20)34-25(35-38)17-26(39)33-23-10-14-36(15-11-23)21(2)18-37(24-6-4-3-5-7-24)43(41,42)19-22-8-12-29(30,31)13-9-22/h3-7,16,21-23H,8-15,17-19H2,1-2H3,(H,33,39)(H,32,34,35)/t21-/m0/s1. The molecule has 2 fully saturated rings. The maximum absolute atomic E-state index is 13.7. The molecular weight excluding hydrogens is 580 g/mol. The molecule has 2 aliphatic rings. The monoisotopic (exact) mass is 619 g/mol. The number of aryl methyl sites for hydroxylation is 1. The third-order valence-electron chi connectivity index (χ3n) is 8.44. The summed E-state index contributed by atoms with van der Waals surface area (Å²) in [5, 5.41) is 5.87. The number of amides is 1. The van der Waals surface area contributed by atoms with Crippen LogP contribution in [0.2, 0.25) is 0 Å². The molecule has 2 aromatic heterocycles. The molecule has 14 heteroatoms. The predicted molar refractivity (Wildman–Crippen MR) is 159 cm³/mol. The van der Waals surface area contributed by atoms with Crippen molar-refractivity contribution in [1.29, 1.82) is 0 Å². The predicted octanol–water partition coefficient (Wildman–Crippen LogP) is 2.90. The quantitative estimate of drug-likeness (QED) is 0.357. The minimum Gasteiger partial charge on any atom is -0.353 e. The van der Waals surface area contributed by atoms with Gasteiger partial charge in [0.15, 0.2) is 0 Å². The van der Waals surface area contributed by atoms with Crippen LogP contribution < -0.4 is 15.2 Å². The van der Waals surface area contributed by atoms with E-state index < -0.39 is 15.9 Å². The van der Waals surface area contributed by atoms with E-state index in [2.05, 4.69) is 25.3 Å². The highest BCUT2D eigenvalue weighted by Crippen LogP contribution is 2.37. The fourth-order valence-corrected chi connectivity index (χ4v) is 8.01. The van der Waals surface area contributed by atoms with E-state index in [0.717, 1.165) is 0 Å². The van der Waals surface area contributed by atoms with Gasteiger partial charge in [-0.05, 0) is 57.6 Å². The number of benzene rings is 1. The van der Waals surface area contributed by atoms with Gasteiger partial charge in [-0.15, -0.1) is 0 Å². The van der Waals surface area contributed by atoms with E-state index in [1.807, 2.05) is 13.0 Å². The van der Waals surface area contributed by atoms with Crippen LogP contribution in [-0.2, 0) is 21.2 Å². The van der Waals surface area contributed by atoms with E-state index in [1.54, 1.807) is 31.2 Å². The molecule has 3 heterocycles. The SMILES string of the molecule is Cc1cc(=O)n2[nH]c(CC(=O)NC3CCN([C@@H](C)CN(c4ccccc4)S(=O)(=O)CC4CCC(F)(F)CC4)CC3)nc2n1. The summed E-state index contributed by atoms with van der Waals surface area (Å²) >= 11 is 0. The summed E-state index contributed by atoms with van der Waals surface area (Å²) in [7, 11) is -3.75. The lowest BCUT2D eigenvalue weighted by atomic mass is 9.88. The average Bonchev–Trinajstić information content (AvgIpc) is 3.35. The molecule has 1 saturated carbocycles. The highest BCUT2D eigenvalue weighted by molar-refractivity contribution is 7.92. The Balaban J connectivity index is 1.16. The van der Waals surface area contributed by atoms with E-state index in [4.69, 9.17) is 0 Å². The zero-order chi connectivity index (χ0) is 30.8. The number of halogens is 2. The molecule has 11 nitrogen and oxygen atoms in total. The molecule has 1 aliphatic carbocycles. The van der Waals surface area contributed by atoms with Gasteiger partial charge in [-0.25, -0.2) is 22.2 Å². The molecule has 5 rings (SSSR count). The van der Waals surface area contributed by atoms with Crippen LogP contribution in [0.1, 0.15) is 57.0 Å². The Morgan fingerprint density at radius 2 is 1.81 bits per heavy atom. The number of sulfonamides is 1. The van der Waals surface area contributed by atoms with Crippen molar-refractivity contribution >= 4 is 27.4 Å². The van der Waals surface area contributed by atoms with Gasteiger partial charge in [-0.1, -0.05) is 18.2 Å². The number of para-hydroxylation sites is 1. The zero-order valence-corrected chi connectivity index (χ0v) is 25.3. The summed E-state index contributed by atoms with van der Waals surface area (Å²) in [6, 6.07) is 10.2. The maximum atomic E-state index is 13.7. The van der Waals surface area contributed by atoms with Crippen LogP contribution in [-0.4, -0.2) is 82.2 Å². The number of carbonyl (C=O) groups excluding carboxylic acids is 1. The van der Waals surface area contributed by atoms with Crippen molar-refractivity contribution in [3.63, 3.8) is 0 Å². The number of nitrogens with zero attached hydrogens (tertiary/aromatic N) is 5. The number of hydrogen-bond acceptors (Lipinski definition) is 7. The van der Waals surface area contributed by atoms with E-state index in [-0.39, 0.29) is 79.6 Å². The normalized spacial score (nSPS) is 19.3. The van der Waals surface area contributed by atoms with Gasteiger partial charge in [0.2, 0.25) is 21.9 Å². The molecule has 1 atom stereocenters. The first kappa shape index (κ1) is 31.0. The average molecular weight is 620 g/mol. The van der Waals surface area contributed by atoms with Crippen LogP contribution in [0.25, 0.3) is 5.78 Å². The van der Waals surface area contributed by atoms with Gasteiger partial charge < -0.3 is 5.32 Å². The van der Waals surface area contributed by atoms with Crippen LogP contribution in [0.15, 0.2) is 41.2 Å². The van der Waals surface area contributed by atoms with Gasteiger partial charge in [0.25, 0.3) is 11.3 Å². The lowest BCUT2D eigenvalue weighted by Crippen LogP contribution is -2.51. The first-order chi connectivity index (χ1) is 20.4. The summed E-state index contributed by atoms with van der Waals surface area (Å²) in [5.41, 5.74) is 0.825. The first-order valence-electron chi connectivity index (χ1n) is 14.8. The van der Waals surface area contributed by atoms with E-state index in [9.17, 15) is 26.8 Å². The highest BCUT2D eigenvalue weighted by atomic mass is 32.2. The van der Waals surface area contributed by atoms with Crippen LogP contribution >= 0.6 is 0 Å². The Morgan fingerprint density at radius 1 is 1.14 bits per heavy atom. The lowest BCUT2D eigenvalue weighted by molar-refractivity contribution is -0.121. The van der Waals surface area contributed by atoms with Crippen LogP contribution in [0.4, 0.5) is 14.5 Å². The van der Waals surface area contributed by atoms with E-state index in [1.165, 1.54) is 14.9 Å². The highest BCUT2D eigenvalue weighted by Gasteiger charge is 2.38. The fraction of sp³-hybridized carbons (Fsp3) is 0.586. The maximum Gasteiger partial charge on any atom is 0.274 e. The lowest BCUT2D eigenvalue weighted by Gasteiger charge is -2.39. The van der Waals surface area contributed by atoms with Crippen molar-refractivity contribution < 1.29 is 22.0 Å². The van der Waals surface area contributed by atoms with Gasteiger partial charge in [-0.2, -0.15) is 9.50 Å². The second-order valence-electron chi connectivity index (χ2n) is 11.9. The van der Waals surface area contributed by atoms with E-state index in [0.29, 0.717) is 43.1 Å². The molecule has 0 spiro atoms. The Morgan fingerprint density at radius 3 is 2.49 bits per heavy atom. The molecule has 0 bridgehead atoms.